The lowest BCUT2D eigenvalue weighted by molar-refractivity contribution is -0.0295. The fourth-order valence-corrected chi connectivity index (χ4v) is 4.85. The topological polar surface area (TPSA) is 111 Å². The molecule has 0 heterocycles. The third-order valence-corrected chi connectivity index (χ3v) is 7.40. The first kappa shape index (κ1) is 34.4. The van der Waals surface area contributed by atoms with Crippen molar-refractivity contribution in [1.82, 2.24) is 5.48 Å². The zero-order valence-electron chi connectivity index (χ0n) is 22.4. The highest BCUT2D eigenvalue weighted by atomic mass is 127. The molecule has 2 amide bonds. The van der Waals surface area contributed by atoms with Crippen molar-refractivity contribution in [1.29, 1.82) is 0 Å². The summed E-state index contributed by atoms with van der Waals surface area (Å²) < 4.78 is 90.9. The van der Waals surface area contributed by atoms with E-state index in [1.54, 1.807) is 45.2 Å². The van der Waals surface area contributed by atoms with E-state index in [0.29, 0.717) is 19.3 Å². The molecule has 4 N–H and O–H groups in total. The van der Waals surface area contributed by atoms with Crippen molar-refractivity contribution in [2.24, 2.45) is 0 Å². The summed E-state index contributed by atoms with van der Waals surface area (Å²) in [6, 6.07) is 9.45. The molecular formula is C29H19F6I2N3O5. The molecular weight excluding hydrogens is 838 g/mol. The van der Waals surface area contributed by atoms with E-state index in [1.807, 2.05) is 5.48 Å². The van der Waals surface area contributed by atoms with E-state index in [4.69, 9.17) is 9.94 Å². The average molecular weight is 857 g/mol. The fourth-order valence-electron chi connectivity index (χ4n) is 3.94. The number of benzene rings is 4. The third kappa shape index (κ3) is 7.68. The number of amides is 2. The molecule has 0 aromatic heterocycles. The highest BCUT2D eigenvalue weighted by Crippen LogP contribution is 2.38. The zero-order valence-corrected chi connectivity index (χ0v) is 26.7. The summed E-state index contributed by atoms with van der Waals surface area (Å²) in [4.78, 5) is 32.3. The van der Waals surface area contributed by atoms with Crippen LogP contribution >= 0.6 is 45.2 Å². The number of nitrogens with zero attached hydrogens (tertiary/aromatic N) is 1. The summed E-state index contributed by atoms with van der Waals surface area (Å²) in [5.41, 5.74) is -2.95. The summed E-state index contributed by atoms with van der Waals surface area (Å²) in [6.45, 7) is -1.37. The van der Waals surface area contributed by atoms with Gasteiger partial charge in [-0.25, -0.2) is 31.8 Å². The second kappa shape index (κ2) is 14.8. The molecule has 16 heteroatoms. The Hall–Kier alpha value is -3.46. The van der Waals surface area contributed by atoms with Gasteiger partial charge in [0.15, 0.2) is 23.3 Å². The van der Waals surface area contributed by atoms with Crippen LogP contribution in [0.25, 0.3) is 0 Å². The van der Waals surface area contributed by atoms with Crippen LogP contribution in [0.4, 0.5) is 49.1 Å². The van der Waals surface area contributed by atoms with Gasteiger partial charge < -0.3 is 15.5 Å². The number of aliphatic hydroxyl groups is 2. The predicted molar refractivity (Wildman–Crippen MR) is 167 cm³/mol. The minimum Gasteiger partial charge on any atom is -0.394 e. The molecule has 0 spiro atoms. The molecule has 0 aliphatic rings. The van der Waals surface area contributed by atoms with Gasteiger partial charge in [0.2, 0.25) is 0 Å². The van der Waals surface area contributed by atoms with Gasteiger partial charge in [0.1, 0.15) is 30.0 Å². The molecule has 45 heavy (non-hydrogen) atoms. The fraction of sp³-hybridized carbons (Fsp3) is 0.103. The number of hydrogen-bond acceptors (Lipinski definition) is 6. The van der Waals surface area contributed by atoms with E-state index in [-0.39, 0.29) is 10.6 Å². The lowest BCUT2D eigenvalue weighted by Gasteiger charge is -2.27. The summed E-state index contributed by atoms with van der Waals surface area (Å²) in [7, 11) is 0. The van der Waals surface area contributed by atoms with Crippen molar-refractivity contribution in [2.45, 2.75) is 6.10 Å². The van der Waals surface area contributed by atoms with Crippen LogP contribution in [0.5, 0.6) is 0 Å². The van der Waals surface area contributed by atoms with Crippen molar-refractivity contribution in [3.63, 3.8) is 0 Å². The molecule has 8 nitrogen and oxygen atoms in total. The molecule has 4 rings (SSSR count). The Balaban J connectivity index is 1.93. The number of carbonyl (C=O) groups excluding carboxylic acids is 2. The van der Waals surface area contributed by atoms with Crippen molar-refractivity contribution in [2.75, 3.05) is 23.4 Å². The van der Waals surface area contributed by atoms with Gasteiger partial charge in [0.05, 0.1) is 34.8 Å². The van der Waals surface area contributed by atoms with E-state index < -0.39 is 94.2 Å². The van der Waals surface area contributed by atoms with E-state index >= 15 is 13.2 Å². The average Bonchev–Trinajstić information content (AvgIpc) is 2.99. The Morgan fingerprint density at radius 3 is 2.02 bits per heavy atom. The molecule has 0 bridgehead atoms. The molecule has 4 aromatic carbocycles. The normalized spacial score (nSPS) is 11.7. The first-order valence-corrected chi connectivity index (χ1v) is 14.7. The Bertz CT molecular complexity index is 1780. The van der Waals surface area contributed by atoms with Crippen LogP contribution in [0.15, 0.2) is 60.7 Å². The largest absolute Gasteiger partial charge is 0.394 e. The second-order valence-electron chi connectivity index (χ2n) is 9.11. The smallest absolute Gasteiger partial charge is 0.277 e. The molecule has 0 saturated heterocycles. The number of aliphatic hydroxyl groups excluding tert-OH is 2. The Morgan fingerprint density at radius 2 is 1.40 bits per heavy atom. The van der Waals surface area contributed by atoms with Crippen LogP contribution in [0, 0.1) is 42.0 Å². The zero-order chi connectivity index (χ0) is 33.0. The Kier molecular flexibility index (Phi) is 11.3. The lowest BCUT2D eigenvalue weighted by atomic mass is 10.0. The van der Waals surface area contributed by atoms with Crippen molar-refractivity contribution >= 4 is 79.7 Å². The van der Waals surface area contributed by atoms with Gasteiger partial charge in [-0.05, 0) is 106 Å². The van der Waals surface area contributed by atoms with Crippen LogP contribution in [0.2, 0.25) is 0 Å². The predicted octanol–water partition coefficient (Wildman–Crippen LogP) is 6.47. The van der Waals surface area contributed by atoms with Gasteiger partial charge in [-0.3, -0.25) is 19.3 Å². The van der Waals surface area contributed by atoms with Gasteiger partial charge in [-0.2, -0.15) is 0 Å². The van der Waals surface area contributed by atoms with Crippen LogP contribution in [-0.4, -0.2) is 41.3 Å². The summed E-state index contributed by atoms with van der Waals surface area (Å²) in [5.74, 6) is -11.4. The van der Waals surface area contributed by atoms with Gasteiger partial charge >= 0.3 is 0 Å². The summed E-state index contributed by atoms with van der Waals surface area (Å²) in [5, 5.41) is 20.7. The maximum Gasteiger partial charge on any atom is 0.277 e. The highest BCUT2D eigenvalue weighted by Gasteiger charge is 2.34. The maximum atomic E-state index is 15.6. The minimum absolute atomic E-state index is 0.240. The first-order chi connectivity index (χ1) is 21.3. The molecule has 4 aromatic rings. The van der Waals surface area contributed by atoms with E-state index in [1.165, 1.54) is 18.2 Å². The number of nitrogens with one attached hydrogen (secondary N) is 2. The Morgan fingerprint density at radius 1 is 0.800 bits per heavy atom. The highest BCUT2D eigenvalue weighted by molar-refractivity contribution is 14.1. The molecule has 0 aliphatic carbocycles. The second-order valence-corrected chi connectivity index (χ2v) is 11.6. The SMILES string of the molecule is O=C(NOC[C@H](O)CO)c1ccc(F)c(F)c1N(C(=O)c1ccc(F)c(F)c1Nc1ccc(I)cc1F)c1ccc(I)cc1F. The van der Waals surface area contributed by atoms with Crippen molar-refractivity contribution < 1.29 is 51.0 Å². The molecule has 0 fully saturated rings. The van der Waals surface area contributed by atoms with Crippen LogP contribution in [-0.2, 0) is 4.84 Å². The Labute approximate surface area is 278 Å². The quantitative estimate of drug-likeness (QED) is 0.0828. The standard InChI is InChI=1S/C29H19F6I2N3O5/c30-18-5-3-16(26(24(18)34)38-22-7-1-13(36)9-20(22)32)29(44)40(23-8-2-14(37)10-21(23)33)27-17(4-6-19(31)25(27)35)28(43)39-45-12-15(42)11-41/h1-10,15,38,41-42H,11-12H2,(H,39,43)/t15-/m1/s1. The number of carbonyl (C=O) groups is 2. The van der Waals surface area contributed by atoms with Gasteiger partial charge in [0.25, 0.3) is 11.8 Å². The number of rotatable bonds is 10. The number of halogens is 8. The number of hydroxylamine groups is 1. The van der Waals surface area contributed by atoms with E-state index in [9.17, 15) is 27.9 Å². The van der Waals surface area contributed by atoms with E-state index in [2.05, 4.69) is 5.32 Å². The first-order valence-electron chi connectivity index (χ1n) is 12.5. The van der Waals surface area contributed by atoms with E-state index in [0.717, 1.165) is 30.3 Å². The van der Waals surface area contributed by atoms with Gasteiger partial charge in [0, 0.05) is 7.14 Å². The monoisotopic (exact) mass is 857 g/mol. The molecule has 1 atom stereocenters. The van der Waals surface area contributed by atoms with Crippen molar-refractivity contribution in [3.05, 3.63) is 114 Å². The van der Waals surface area contributed by atoms with Gasteiger partial charge in [-0.1, -0.05) is 0 Å². The van der Waals surface area contributed by atoms with Crippen LogP contribution in [0.1, 0.15) is 20.7 Å². The van der Waals surface area contributed by atoms with Gasteiger partial charge in [-0.15, -0.1) is 0 Å². The molecule has 236 valence electrons. The molecule has 0 aliphatic heterocycles. The number of hydrogen-bond donors (Lipinski definition) is 4. The molecule has 0 radical (unpaired) electrons. The minimum atomic E-state index is -1.81. The van der Waals surface area contributed by atoms with Crippen molar-refractivity contribution in [3.8, 4) is 0 Å². The van der Waals surface area contributed by atoms with Crippen LogP contribution < -0.4 is 15.7 Å². The summed E-state index contributed by atoms with van der Waals surface area (Å²) >= 11 is 3.55. The maximum absolute atomic E-state index is 15.6. The molecule has 0 unspecified atom stereocenters. The van der Waals surface area contributed by atoms with Crippen LogP contribution in [0.3, 0.4) is 0 Å². The lowest BCUT2D eigenvalue weighted by Crippen LogP contribution is -2.34. The third-order valence-electron chi connectivity index (χ3n) is 6.06. The number of anilines is 4. The molecule has 0 saturated carbocycles. The summed E-state index contributed by atoms with van der Waals surface area (Å²) in [6.07, 6.45) is -1.43.